The quantitative estimate of drug-likeness (QED) is 0.238. The number of aromatic nitrogens is 6. The third kappa shape index (κ3) is 6.28. The van der Waals surface area contributed by atoms with Crippen molar-refractivity contribution in [1.82, 2.24) is 29.9 Å². The van der Waals surface area contributed by atoms with E-state index in [1.807, 2.05) is 12.1 Å². The number of benzene rings is 2. The van der Waals surface area contributed by atoms with Gasteiger partial charge in [-0.05, 0) is 54.4 Å². The Labute approximate surface area is 245 Å². The smallest absolute Gasteiger partial charge is 0.416 e. The number of carbonyl (C=O) groups is 2. The summed E-state index contributed by atoms with van der Waals surface area (Å²) in [4.78, 5) is 39.8. The molecule has 6 rings (SSSR count). The van der Waals surface area contributed by atoms with E-state index < -0.39 is 17.8 Å². The van der Waals surface area contributed by atoms with Crippen molar-refractivity contribution in [2.75, 3.05) is 22.1 Å². The van der Waals surface area contributed by atoms with Crippen LogP contribution in [0.3, 0.4) is 0 Å². The SMILES string of the molecule is O=C(Nc1cnc(Oc2ccc(-c3cnc(N4CCCC4=O)s3)cc2)nc1)Nc1cc(C(F)(F)F)ccc1-n1ccnn1. The van der Waals surface area contributed by atoms with Crippen molar-refractivity contribution in [1.29, 1.82) is 0 Å². The number of carbonyl (C=O) groups excluding carboxylic acids is 2. The number of urea groups is 1. The summed E-state index contributed by atoms with van der Waals surface area (Å²) in [6.07, 6.45) is 3.86. The predicted molar refractivity (Wildman–Crippen MR) is 150 cm³/mol. The van der Waals surface area contributed by atoms with Gasteiger partial charge in [-0.15, -0.1) is 5.10 Å². The van der Waals surface area contributed by atoms with Gasteiger partial charge in [0.15, 0.2) is 5.13 Å². The van der Waals surface area contributed by atoms with Crippen molar-refractivity contribution in [2.24, 2.45) is 0 Å². The van der Waals surface area contributed by atoms with E-state index in [0.29, 0.717) is 23.8 Å². The summed E-state index contributed by atoms with van der Waals surface area (Å²) in [6.45, 7) is 0.679. The zero-order valence-electron chi connectivity index (χ0n) is 21.9. The van der Waals surface area contributed by atoms with Crippen molar-refractivity contribution < 1.29 is 27.5 Å². The summed E-state index contributed by atoms with van der Waals surface area (Å²) in [6, 6.07) is 9.22. The number of rotatable bonds is 7. The number of thiazole rings is 1. The Balaban J connectivity index is 1.08. The fraction of sp³-hybridized carbons (Fsp3) is 0.148. The lowest BCUT2D eigenvalue weighted by molar-refractivity contribution is -0.137. The van der Waals surface area contributed by atoms with E-state index in [1.54, 1.807) is 23.2 Å². The van der Waals surface area contributed by atoms with Gasteiger partial charge in [0.25, 0.3) is 0 Å². The van der Waals surface area contributed by atoms with Crippen molar-refractivity contribution >= 4 is 39.8 Å². The molecule has 218 valence electrons. The van der Waals surface area contributed by atoms with E-state index >= 15 is 0 Å². The molecule has 1 fully saturated rings. The third-order valence-corrected chi connectivity index (χ3v) is 7.34. The van der Waals surface area contributed by atoms with Crippen LogP contribution in [0.25, 0.3) is 16.1 Å². The van der Waals surface area contributed by atoms with Crippen LogP contribution in [0.4, 0.5) is 34.5 Å². The average molecular weight is 608 g/mol. The first-order valence-electron chi connectivity index (χ1n) is 12.8. The molecule has 3 aromatic heterocycles. The molecule has 1 saturated heterocycles. The topological polar surface area (TPSA) is 140 Å². The highest BCUT2D eigenvalue weighted by Gasteiger charge is 2.31. The lowest BCUT2D eigenvalue weighted by Crippen LogP contribution is -2.23. The summed E-state index contributed by atoms with van der Waals surface area (Å²) in [7, 11) is 0. The van der Waals surface area contributed by atoms with Gasteiger partial charge in [0, 0.05) is 19.2 Å². The Bertz CT molecular complexity index is 1760. The van der Waals surface area contributed by atoms with E-state index in [2.05, 4.69) is 35.9 Å². The molecule has 1 aliphatic rings. The standard InChI is InChI=1S/C27H20F3N9O3S/c28-27(29,30)17-5-8-21(39-11-9-34-37-39)20(12-17)36-24(41)35-18-13-31-25(32-14-18)42-19-6-3-16(4-7-19)22-15-33-26(43-22)38-10-1-2-23(38)40/h3-9,11-15H,1-2,10H2,(H2,35,36,41). The van der Waals surface area contributed by atoms with E-state index in [1.165, 1.54) is 46.9 Å². The fourth-order valence-corrected chi connectivity index (χ4v) is 5.20. The van der Waals surface area contributed by atoms with E-state index in [0.717, 1.165) is 29.0 Å². The second-order valence-corrected chi connectivity index (χ2v) is 10.2. The van der Waals surface area contributed by atoms with Gasteiger partial charge >= 0.3 is 18.2 Å². The first-order chi connectivity index (χ1) is 20.7. The van der Waals surface area contributed by atoms with Crippen LogP contribution >= 0.6 is 11.3 Å². The monoisotopic (exact) mass is 607 g/mol. The maximum atomic E-state index is 13.3. The van der Waals surface area contributed by atoms with E-state index in [-0.39, 0.29) is 29.0 Å². The van der Waals surface area contributed by atoms with Crippen LogP contribution in [0.5, 0.6) is 11.8 Å². The molecule has 2 N–H and O–H groups in total. The number of amides is 3. The number of nitrogens with zero attached hydrogens (tertiary/aromatic N) is 7. The molecule has 0 atom stereocenters. The molecular formula is C27H20F3N9O3S. The third-order valence-electron chi connectivity index (χ3n) is 6.27. The maximum Gasteiger partial charge on any atom is 0.416 e. The minimum absolute atomic E-state index is 0.0117. The second-order valence-electron chi connectivity index (χ2n) is 9.19. The zero-order chi connectivity index (χ0) is 30.0. The van der Waals surface area contributed by atoms with Gasteiger partial charge in [0.1, 0.15) is 5.75 Å². The van der Waals surface area contributed by atoms with Crippen LogP contribution in [0.15, 0.2) is 73.4 Å². The van der Waals surface area contributed by atoms with E-state index in [4.69, 9.17) is 4.74 Å². The molecule has 0 spiro atoms. The van der Waals surface area contributed by atoms with Gasteiger partial charge in [0.05, 0.1) is 52.3 Å². The minimum Gasteiger partial charge on any atom is -0.424 e. The number of ether oxygens (including phenoxy) is 1. The normalized spacial score (nSPS) is 13.3. The summed E-state index contributed by atoms with van der Waals surface area (Å²) < 4.78 is 46.7. The van der Waals surface area contributed by atoms with Crippen LogP contribution in [0, 0.1) is 0 Å². The van der Waals surface area contributed by atoms with Crippen LogP contribution < -0.4 is 20.3 Å². The van der Waals surface area contributed by atoms with Gasteiger partial charge in [0.2, 0.25) is 5.91 Å². The maximum absolute atomic E-state index is 13.3. The van der Waals surface area contributed by atoms with Crippen LogP contribution in [-0.4, -0.2) is 48.4 Å². The van der Waals surface area contributed by atoms with Crippen molar-refractivity contribution in [3.63, 3.8) is 0 Å². The van der Waals surface area contributed by atoms with Gasteiger partial charge in [-0.25, -0.2) is 24.4 Å². The molecule has 0 radical (unpaired) electrons. The Hall–Kier alpha value is -5.38. The first kappa shape index (κ1) is 27.8. The van der Waals surface area contributed by atoms with E-state index in [9.17, 15) is 22.8 Å². The summed E-state index contributed by atoms with van der Waals surface area (Å²) in [5.41, 5.74) is 0.180. The fourth-order valence-electron chi connectivity index (χ4n) is 4.23. The highest BCUT2D eigenvalue weighted by Crippen LogP contribution is 2.35. The van der Waals surface area contributed by atoms with Crippen LogP contribution in [0.2, 0.25) is 0 Å². The highest BCUT2D eigenvalue weighted by molar-refractivity contribution is 7.19. The molecule has 0 aliphatic carbocycles. The molecule has 0 bridgehead atoms. The molecule has 0 saturated carbocycles. The largest absolute Gasteiger partial charge is 0.424 e. The van der Waals surface area contributed by atoms with Gasteiger partial charge in [-0.3, -0.25) is 9.69 Å². The molecule has 1 aliphatic heterocycles. The van der Waals surface area contributed by atoms with Crippen molar-refractivity contribution in [3.05, 3.63) is 79.0 Å². The average Bonchev–Trinajstić information content (AvgIpc) is 3.77. The summed E-state index contributed by atoms with van der Waals surface area (Å²) >= 11 is 1.44. The Morgan fingerprint density at radius 1 is 1.00 bits per heavy atom. The Kier molecular flexibility index (Phi) is 7.41. The highest BCUT2D eigenvalue weighted by atomic mass is 32.1. The first-order valence-corrected chi connectivity index (χ1v) is 13.6. The molecule has 2 aromatic carbocycles. The lowest BCUT2D eigenvalue weighted by atomic mass is 10.1. The Morgan fingerprint density at radius 3 is 2.47 bits per heavy atom. The second kappa shape index (κ2) is 11.5. The molecule has 5 aromatic rings. The molecular weight excluding hydrogens is 587 g/mol. The van der Waals surface area contributed by atoms with Gasteiger partial charge in [-0.1, -0.05) is 16.6 Å². The van der Waals surface area contributed by atoms with Gasteiger partial charge < -0.3 is 15.4 Å². The van der Waals surface area contributed by atoms with Gasteiger partial charge in [-0.2, -0.15) is 13.2 Å². The minimum atomic E-state index is -4.61. The Morgan fingerprint density at radius 2 is 1.79 bits per heavy atom. The number of anilines is 3. The molecule has 43 heavy (non-hydrogen) atoms. The number of hydrogen-bond acceptors (Lipinski definition) is 9. The number of hydrogen-bond donors (Lipinski definition) is 2. The van der Waals surface area contributed by atoms with Crippen molar-refractivity contribution in [3.8, 4) is 27.9 Å². The number of alkyl halides is 3. The van der Waals surface area contributed by atoms with Crippen LogP contribution in [0.1, 0.15) is 18.4 Å². The predicted octanol–water partition coefficient (Wildman–Crippen LogP) is 5.76. The molecule has 3 amide bonds. The van der Waals surface area contributed by atoms with Crippen molar-refractivity contribution in [2.45, 2.75) is 19.0 Å². The lowest BCUT2D eigenvalue weighted by Gasteiger charge is -2.14. The number of halogens is 3. The summed E-state index contributed by atoms with van der Waals surface area (Å²) in [5, 5.41) is 13.0. The molecule has 0 unspecified atom stereocenters. The molecule has 12 nitrogen and oxygen atoms in total. The number of nitrogens with one attached hydrogen (secondary N) is 2. The molecule has 16 heteroatoms. The van der Waals surface area contributed by atoms with Crippen LogP contribution in [-0.2, 0) is 11.0 Å². The summed E-state index contributed by atoms with van der Waals surface area (Å²) in [5.74, 6) is 0.548. The molecule has 4 heterocycles. The zero-order valence-corrected chi connectivity index (χ0v) is 22.8.